The van der Waals surface area contributed by atoms with Crippen LogP contribution in [-0.4, -0.2) is 35.4 Å². The minimum atomic E-state index is -1.49. The molecule has 26 heavy (non-hydrogen) atoms. The third kappa shape index (κ3) is 3.24. The van der Waals surface area contributed by atoms with Gasteiger partial charge in [-0.25, -0.2) is 14.0 Å². The van der Waals surface area contributed by atoms with Gasteiger partial charge in [0.25, 0.3) is 5.69 Å². The fourth-order valence-corrected chi connectivity index (χ4v) is 2.64. The Morgan fingerprint density at radius 2 is 2.00 bits per heavy atom. The van der Waals surface area contributed by atoms with E-state index in [2.05, 4.69) is 0 Å². The van der Waals surface area contributed by atoms with Crippen molar-refractivity contribution in [3.63, 3.8) is 0 Å². The minimum Gasteiger partial charge on any atom is -0.465 e. The average Bonchev–Trinajstić information content (AvgIpc) is 3.00. The van der Waals surface area contributed by atoms with Crippen LogP contribution in [0, 0.1) is 15.9 Å². The van der Waals surface area contributed by atoms with Gasteiger partial charge in [-0.05, 0) is 23.8 Å². The quantitative estimate of drug-likeness (QED) is 0.635. The van der Waals surface area contributed by atoms with E-state index in [1.165, 1.54) is 35.2 Å². The lowest BCUT2D eigenvalue weighted by atomic mass is 10.0. The molecule has 3 rings (SSSR count). The highest BCUT2D eigenvalue weighted by atomic mass is 19.1. The van der Waals surface area contributed by atoms with Crippen LogP contribution in [-0.2, 0) is 4.74 Å². The number of nitro groups is 1. The molecule has 0 aliphatic carbocycles. The number of ether oxygens (including phenoxy) is 1. The van der Waals surface area contributed by atoms with E-state index in [1.54, 1.807) is 0 Å². The summed E-state index contributed by atoms with van der Waals surface area (Å²) in [6.45, 7) is 0.317. The number of carboxylic acid groups (broad SMARTS) is 1. The minimum absolute atomic E-state index is 0.125. The number of rotatable bonds is 4. The molecular weight excluding hydrogens is 349 g/mol. The molecular formula is C16H12FN3O6. The lowest BCUT2D eigenvalue weighted by Crippen LogP contribution is -2.24. The fraction of sp³-hybridized carbons (Fsp3) is 0.125. The monoisotopic (exact) mass is 361 g/mol. The predicted octanol–water partition coefficient (Wildman–Crippen LogP) is 3.45. The van der Waals surface area contributed by atoms with Gasteiger partial charge >= 0.3 is 12.2 Å². The third-order valence-electron chi connectivity index (χ3n) is 3.76. The molecule has 1 fully saturated rings. The van der Waals surface area contributed by atoms with E-state index < -0.39 is 28.6 Å². The van der Waals surface area contributed by atoms with E-state index in [-0.39, 0.29) is 30.1 Å². The summed E-state index contributed by atoms with van der Waals surface area (Å²) in [6.07, 6.45) is -2.15. The van der Waals surface area contributed by atoms with Gasteiger partial charge in [0.1, 0.15) is 18.1 Å². The second-order valence-corrected chi connectivity index (χ2v) is 5.35. The van der Waals surface area contributed by atoms with Gasteiger partial charge in [0.05, 0.1) is 17.2 Å². The summed E-state index contributed by atoms with van der Waals surface area (Å²) in [5, 5.41) is 22.2. The number of hydrogen-bond acceptors (Lipinski definition) is 5. The van der Waals surface area contributed by atoms with Crippen molar-refractivity contribution >= 4 is 29.2 Å². The Morgan fingerprint density at radius 3 is 2.54 bits per heavy atom. The van der Waals surface area contributed by atoms with Crippen LogP contribution >= 0.6 is 0 Å². The van der Waals surface area contributed by atoms with Crippen molar-refractivity contribution in [3.8, 4) is 11.1 Å². The van der Waals surface area contributed by atoms with E-state index >= 15 is 0 Å². The first-order valence-electron chi connectivity index (χ1n) is 7.39. The molecule has 0 radical (unpaired) electrons. The van der Waals surface area contributed by atoms with Crippen molar-refractivity contribution in [3.05, 3.63) is 52.3 Å². The van der Waals surface area contributed by atoms with Crippen LogP contribution in [0.15, 0.2) is 36.4 Å². The molecule has 1 aliphatic rings. The number of anilines is 2. The molecule has 1 aliphatic heterocycles. The van der Waals surface area contributed by atoms with Crippen LogP contribution in [0.25, 0.3) is 11.1 Å². The number of benzene rings is 2. The van der Waals surface area contributed by atoms with Crippen molar-refractivity contribution in [2.45, 2.75) is 0 Å². The first-order valence-corrected chi connectivity index (χ1v) is 7.39. The summed E-state index contributed by atoms with van der Waals surface area (Å²) in [6, 6.07) is 7.50. The molecule has 10 heteroatoms. The van der Waals surface area contributed by atoms with Gasteiger partial charge < -0.3 is 9.84 Å². The molecule has 2 amide bonds. The lowest BCUT2D eigenvalue weighted by molar-refractivity contribution is -0.383. The van der Waals surface area contributed by atoms with E-state index in [4.69, 9.17) is 9.84 Å². The van der Waals surface area contributed by atoms with Gasteiger partial charge in [0, 0.05) is 11.6 Å². The van der Waals surface area contributed by atoms with Crippen LogP contribution in [0.5, 0.6) is 0 Å². The molecule has 1 heterocycles. The van der Waals surface area contributed by atoms with E-state index in [1.807, 2.05) is 5.32 Å². The predicted molar refractivity (Wildman–Crippen MR) is 88.8 cm³/mol. The van der Waals surface area contributed by atoms with Crippen LogP contribution < -0.4 is 10.2 Å². The molecule has 134 valence electrons. The van der Waals surface area contributed by atoms with Crippen LogP contribution in [0.1, 0.15) is 0 Å². The van der Waals surface area contributed by atoms with E-state index in [0.29, 0.717) is 5.56 Å². The highest BCUT2D eigenvalue weighted by Gasteiger charge is 2.29. The largest absolute Gasteiger partial charge is 0.465 e. The first-order chi connectivity index (χ1) is 12.4. The first kappa shape index (κ1) is 17.1. The van der Waals surface area contributed by atoms with E-state index in [9.17, 15) is 24.1 Å². The summed E-state index contributed by atoms with van der Waals surface area (Å²) in [4.78, 5) is 34.7. The molecule has 0 saturated carbocycles. The molecule has 0 aromatic heterocycles. The second-order valence-electron chi connectivity index (χ2n) is 5.35. The van der Waals surface area contributed by atoms with Gasteiger partial charge in [0.2, 0.25) is 0 Å². The second kappa shape index (κ2) is 6.67. The molecule has 0 spiro atoms. The summed E-state index contributed by atoms with van der Waals surface area (Å²) in [7, 11) is 0. The molecule has 0 bridgehead atoms. The Labute approximate surface area is 145 Å². The third-order valence-corrected chi connectivity index (χ3v) is 3.76. The zero-order chi connectivity index (χ0) is 18.8. The molecule has 9 nitrogen and oxygen atoms in total. The Morgan fingerprint density at radius 1 is 1.31 bits per heavy atom. The summed E-state index contributed by atoms with van der Waals surface area (Å²) in [5.74, 6) is -0.491. The van der Waals surface area contributed by atoms with Crippen molar-refractivity contribution in [1.29, 1.82) is 0 Å². The fourth-order valence-electron chi connectivity index (χ4n) is 2.64. The molecule has 0 unspecified atom stereocenters. The number of nitrogens with one attached hydrogen (secondary N) is 1. The van der Waals surface area contributed by atoms with Gasteiger partial charge in [-0.1, -0.05) is 12.1 Å². The molecule has 1 saturated heterocycles. The summed E-state index contributed by atoms with van der Waals surface area (Å²) >= 11 is 0. The standard InChI is InChI=1S/C16H12FN3O6/c17-10-3-1-9(2-4-10)11-7-14(20(24)25)12(18-15(21)22)8-13(11)19-5-6-26-16(19)23/h1-4,7-8,18H,5-6H2,(H,21,22). The maximum Gasteiger partial charge on any atom is 0.414 e. The van der Waals surface area contributed by atoms with Crippen molar-refractivity contribution < 1.29 is 28.7 Å². The Balaban J connectivity index is 2.23. The van der Waals surface area contributed by atoms with E-state index in [0.717, 1.165) is 6.07 Å². The molecule has 2 N–H and O–H groups in total. The molecule has 2 aromatic rings. The molecule has 0 atom stereocenters. The Kier molecular flexibility index (Phi) is 4.40. The number of amides is 2. The van der Waals surface area contributed by atoms with Crippen molar-refractivity contribution in [1.82, 2.24) is 0 Å². The molecule has 2 aromatic carbocycles. The number of halogens is 1. The smallest absolute Gasteiger partial charge is 0.414 e. The normalized spacial score (nSPS) is 13.4. The Hall–Kier alpha value is -3.69. The van der Waals surface area contributed by atoms with Gasteiger partial charge in [-0.3, -0.25) is 20.3 Å². The van der Waals surface area contributed by atoms with Crippen molar-refractivity contribution in [2.24, 2.45) is 0 Å². The number of nitro benzene ring substituents is 1. The van der Waals surface area contributed by atoms with Gasteiger partial charge in [-0.15, -0.1) is 0 Å². The number of nitrogens with zero attached hydrogens (tertiary/aromatic N) is 2. The van der Waals surface area contributed by atoms with Gasteiger partial charge in [0.15, 0.2) is 0 Å². The van der Waals surface area contributed by atoms with Crippen LogP contribution in [0.3, 0.4) is 0 Å². The highest BCUT2D eigenvalue weighted by molar-refractivity contribution is 5.99. The number of hydrogen-bond donors (Lipinski definition) is 2. The SMILES string of the molecule is O=C(O)Nc1cc(N2CCOC2=O)c(-c2ccc(F)cc2)cc1[N+](=O)[O-]. The maximum absolute atomic E-state index is 13.2. The number of carbonyl (C=O) groups is 2. The van der Waals surface area contributed by atoms with Gasteiger partial charge in [-0.2, -0.15) is 0 Å². The Bertz CT molecular complexity index is 900. The summed E-state index contributed by atoms with van der Waals surface area (Å²) < 4.78 is 18.1. The zero-order valence-electron chi connectivity index (χ0n) is 13.1. The number of cyclic esters (lactones) is 1. The van der Waals surface area contributed by atoms with Crippen molar-refractivity contribution in [2.75, 3.05) is 23.4 Å². The summed E-state index contributed by atoms with van der Waals surface area (Å²) in [5.41, 5.74) is 0.122. The number of carbonyl (C=O) groups excluding carboxylic acids is 1. The van der Waals surface area contributed by atoms with Crippen LogP contribution in [0.2, 0.25) is 0 Å². The van der Waals surface area contributed by atoms with Crippen LogP contribution in [0.4, 0.5) is 31.0 Å². The zero-order valence-corrected chi connectivity index (χ0v) is 13.1. The topological polar surface area (TPSA) is 122 Å². The highest BCUT2D eigenvalue weighted by Crippen LogP contribution is 2.40. The lowest BCUT2D eigenvalue weighted by Gasteiger charge is -2.19. The maximum atomic E-state index is 13.2. The average molecular weight is 361 g/mol.